The smallest absolute Gasteiger partial charge is 0.0634 e. The van der Waals surface area contributed by atoms with Crippen molar-refractivity contribution in [1.29, 1.82) is 0 Å². The predicted octanol–water partition coefficient (Wildman–Crippen LogP) is 2.78. The first-order valence-electron chi connectivity index (χ1n) is 5.76. The zero-order valence-corrected chi connectivity index (χ0v) is 10.3. The van der Waals surface area contributed by atoms with Crippen LogP contribution in [0.25, 0.3) is 0 Å². The van der Waals surface area contributed by atoms with Gasteiger partial charge in [-0.3, -0.25) is 0 Å². The van der Waals surface area contributed by atoms with Crippen molar-refractivity contribution < 1.29 is 5.11 Å². The van der Waals surface area contributed by atoms with Gasteiger partial charge in [-0.1, -0.05) is 13.8 Å². The second kappa shape index (κ2) is 3.71. The van der Waals surface area contributed by atoms with Gasteiger partial charge >= 0.3 is 0 Å². The van der Waals surface area contributed by atoms with Gasteiger partial charge in [-0.05, 0) is 54.4 Å². The number of hydrogen-bond acceptors (Lipinski definition) is 2. The monoisotopic (exact) mass is 214 g/mol. The van der Waals surface area contributed by atoms with Crippen LogP contribution in [0, 0.1) is 23.2 Å². The number of rotatable bonds is 2. The van der Waals surface area contributed by atoms with Crippen LogP contribution in [0.1, 0.15) is 33.1 Å². The van der Waals surface area contributed by atoms with Gasteiger partial charge in [-0.25, -0.2) is 0 Å². The molecule has 1 nitrogen and oxygen atoms in total. The quantitative estimate of drug-likeness (QED) is 0.763. The number of thioether (sulfide) groups is 1. The van der Waals surface area contributed by atoms with Crippen molar-refractivity contribution in [3.63, 3.8) is 0 Å². The lowest BCUT2D eigenvalue weighted by molar-refractivity contribution is -0.135. The highest BCUT2D eigenvalue weighted by atomic mass is 32.2. The van der Waals surface area contributed by atoms with E-state index in [2.05, 4.69) is 20.1 Å². The van der Waals surface area contributed by atoms with Crippen LogP contribution >= 0.6 is 11.8 Å². The standard InChI is InChI=1S/C12H22OS/c1-8-6-9-4-5-12(8,2)11(13)10(9)7-14-3/h8-11,13H,4-7H2,1-3H3/t8-,9+,10-,11+,12-/m1/s1. The van der Waals surface area contributed by atoms with E-state index >= 15 is 0 Å². The molecule has 3 fully saturated rings. The lowest BCUT2D eigenvalue weighted by Crippen LogP contribution is -2.55. The van der Waals surface area contributed by atoms with E-state index in [1.165, 1.54) is 19.3 Å². The Balaban J connectivity index is 2.18. The number of aliphatic hydroxyl groups excluding tert-OH is 1. The van der Waals surface area contributed by atoms with Crippen LogP contribution in [0.15, 0.2) is 0 Å². The second-order valence-corrected chi connectivity index (χ2v) is 6.42. The Morgan fingerprint density at radius 3 is 2.79 bits per heavy atom. The van der Waals surface area contributed by atoms with Gasteiger partial charge in [0.15, 0.2) is 0 Å². The predicted molar refractivity (Wildman–Crippen MR) is 62.5 cm³/mol. The molecule has 0 saturated heterocycles. The fourth-order valence-electron chi connectivity index (χ4n) is 3.58. The Bertz CT molecular complexity index is 218. The molecule has 0 spiro atoms. The van der Waals surface area contributed by atoms with Crippen LogP contribution in [-0.2, 0) is 0 Å². The largest absolute Gasteiger partial charge is 0.392 e. The Hall–Kier alpha value is 0.310. The van der Waals surface area contributed by atoms with Crippen LogP contribution in [0.3, 0.4) is 0 Å². The van der Waals surface area contributed by atoms with E-state index in [4.69, 9.17) is 0 Å². The molecule has 3 saturated carbocycles. The van der Waals surface area contributed by atoms with E-state index in [1.807, 2.05) is 11.8 Å². The van der Waals surface area contributed by atoms with Crippen molar-refractivity contribution in [2.24, 2.45) is 23.2 Å². The molecule has 2 heteroatoms. The zero-order chi connectivity index (χ0) is 10.3. The molecule has 3 aliphatic rings. The molecule has 3 rings (SSSR count). The summed E-state index contributed by atoms with van der Waals surface area (Å²) in [6.07, 6.45) is 6.05. The molecule has 2 bridgehead atoms. The van der Waals surface area contributed by atoms with Gasteiger partial charge in [-0.15, -0.1) is 0 Å². The lowest BCUT2D eigenvalue weighted by atomic mass is 9.51. The minimum absolute atomic E-state index is 0.0440. The minimum atomic E-state index is -0.0440. The first kappa shape index (κ1) is 10.8. The van der Waals surface area contributed by atoms with Crippen LogP contribution in [-0.4, -0.2) is 23.2 Å². The van der Waals surface area contributed by atoms with E-state index in [0.717, 1.165) is 11.7 Å². The van der Waals surface area contributed by atoms with Gasteiger partial charge in [0.2, 0.25) is 0 Å². The summed E-state index contributed by atoms with van der Waals surface area (Å²) in [6, 6.07) is 0. The molecule has 5 atom stereocenters. The minimum Gasteiger partial charge on any atom is -0.392 e. The molecule has 14 heavy (non-hydrogen) atoms. The summed E-state index contributed by atoms with van der Waals surface area (Å²) < 4.78 is 0. The maximum absolute atomic E-state index is 10.4. The highest BCUT2D eigenvalue weighted by Gasteiger charge is 2.53. The average molecular weight is 214 g/mol. The van der Waals surface area contributed by atoms with Gasteiger partial charge < -0.3 is 5.11 Å². The van der Waals surface area contributed by atoms with Gasteiger partial charge in [-0.2, -0.15) is 11.8 Å². The first-order chi connectivity index (χ1) is 6.59. The van der Waals surface area contributed by atoms with Crippen LogP contribution in [0.5, 0.6) is 0 Å². The number of hydrogen-bond donors (Lipinski definition) is 1. The lowest BCUT2D eigenvalue weighted by Gasteiger charge is -2.56. The summed E-state index contributed by atoms with van der Waals surface area (Å²) >= 11 is 1.89. The van der Waals surface area contributed by atoms with Crippen molar-refractivity contribution in [2.75, 3.05) is 12.0 Å². The Labute approximate surface area is 91.7 Å². The Morgan fingerprint density at radius 1 is 1.50 bits per heavy atom. The summed E-state index contributed by atoms with van der Waals surface area (Å²) in [4.78, 5) is 0. The van der Waals surface area contributed by atoms with Crippen molar-refractivity contribution in [2.45, 2.75) is 39.2 Å². The van der Waals surface area contributed by atoms with Crippen LogP contribution in [0.4, 0.5) is 0 Å². The highest BCUT2D eigenvalue weighted by Crippen LogP contribution is 2.56. The molecule has 0 unspecified atom stereocenters. The molecule has 3 aliphatic carbocycles. The maximum atomic E-state index is 10.4. The normalized spacial score (nSPS) is 52.3. The third kappa shape index (κ3) is 1.42. The molecule has 0 aliphatic heterocycles. The van der Waals surface area contributed by atoms with Crippen molar-refractivity contribution in [3.8, 4) is 0 Å². The van der Waals surface area contributed by atoms with Crippen LogP contribution in [0.2, 0.25) is 0 Å². The van der Waals surface area contributed by atoms with Crippen LogP contribution < -0.4 is 0 Å². The summed E-state index contributed by atoms with van der Waals surface area (Å²) in [7, 11) is 0. The van der Waals surface area contributed by atoms with E-state index in [-0.39, 0.29) is 11.5 Å². The summed E-state index contributed by atoms with van der Waals surface area (Å²) in [6.45, 7) is 4.62. The molecule has 82 valence electrons. The number of aliphatic hydroxyl groups is 1. The van der Waals surface area contributed by atoms with Crippen molar-refractivity contribution in [1.82, 2.24) is 0 Å². The third-order valence-corrected chi connectivity index (χ3v) is 5.60. The molecule has 0 aromatic heterocycles. The Morgan fingerprint density at radius 2 is 2.21 bits per heavy atom. The number of fused-ring (bicyclic) bond motifs is 3. The highest BCUT2D eigenvalue weighted by molar-refractivity contribution is 7.98. The topological polar surface area (TPSA) is 20.2 Å². The van der Waals surface area contributed by atoms with Gasteiger partial charge in [0.25, 0.3) is 0 Å². The zero-order valence-electron chi connectivity index (χ0n) is 9.49. The van der Waals surface area contributed by atoms with E-state index in [0.29, 0.717) is 11.8 Å². The summed E-state index contributed by atoms with van der Waals surface area (Å²) in [5.74, 6) is 3.23. The molecular weight excluding hydrogens is 192 g/mol. The molecule has 0 radical (unpaired) electrons. The van der Waals surface area contributed by atoms with Gasteiger partial charge in [0, 0.05) is 0 Å². The first-order valence-corrected chi connectivity index (χ1v) is 7.16. The van der Waals surface area contributed by atoms with E-state index in [1.54, 1.807) is 0 Å². The molecule has 0 aromatic carbocycles. The maximum Gasteiger partial charge on any atom is 0.0634 e. The molecular formula is C12H22OS. The van der Waals surface area contributed by atoms with Crippen molar-refractivity contribution >= 4 is 11.8 Å². The molecule has 0 amide bonds. The van der Waals surface area contributed by atoms with Crippen molar-refractivity contribution in [3.05, 3.63) is 0 Å². The second-order valence-electron chi connectivity index (χ2n) is 5.51. The van der Waals surface area contributed by atoms with Gasteiger partial charge in [0.05, 0.1) is 6.10 Å². The molecule has 0 heterocycles. The van der Waals surface area contributed by atoms with E-state index < -0.39 is 0 Å². The third-order valence-electron chi connectivity index (χ3n) is 4.88. The van der Waals surface area contributed by atoms with Gasteiger partial charge in [0.1, 0.15) is 0 Å². The fourth-order valence-corrected chi connectivity index (χ4v) is 4.42. The fraction of sp³-hybridized carbons (Fsp3) is 1.00. The molecule has 1 N–H and O–H groups in total. The van der Waals surface area contributed by atoms with E-state index in [9.17, 15) is 5.11 Å². The molecule has 0 aromatic rings. The Kier molecular flexibility index (Phi) is 2.87. The SMILES string of the molecule is CSC[C@@H]1[C@H]2CC[C@](C)([C@H](C)C2)[C@H]1O. The summed E-state index contributed by atoms with van der Waals surface area (Å²) in [5.41, 5.74) is 0.217. The summed E-state index contributed by atoms with van der Waals surface area (Å²) in [5, 5.41) is 10.4. The average Bonchev–Trinajstić information content (AvgIpc) is 2.16.